The molecule has 0 spiro atoms. The third kappa shape index (κ3) is 4.61. The lowest BCUT2D eigenvalue weighted by atomic mass is 10.1. The molecule has 2 N–H and O–H groups in total. The quantitative estimate of drug-likeness (QED) is 0.609. The van der Waals surface area contributed by atoms with E-state index in [-0.39, 0.29) is 17.2 Å². The Kier molecular flexibility index (Phi) is 6.19. The number of nitrogens with one attached hydrogen (secondary N) is 1. The number of hydrogen-bond donors (Lipinski definition) is 2. The molecule has 0 heterocycles. The molecular weight excluding hydrogens is 340 g/mol. The number of rotatable bonds is 6. The maximum absolute atomic E-state index is 12.8. The molecule has 0 saturated carbocycles. The van der Waals surface area contributed by atoms with Crippen LogP contribution in [0.2, 0.25) is 5.02 Å². The van der Waals surface area contributed by atoms with E-state index in [0.717, 1.165) is 11.6 Å². The summed E-state index contributed by atoms with van der Waals surface area (Å²) in [6.07, 6.45) is 1.13. The normalized spacial score (nSPS) is 10.2. The Labute approximate surface area is 151 Å². The first-order valence-corrected chi connectivity index (χ1v) is 8.13. The van der Waals surface area contributed by atoms with Gasteiger partial charge in [-0.15, -0.1) is 0 Å². The standard InChI is InChI=1S/C19H19ClN2O3/c1-3-18(24)21-14-9-10-17(23)15(11-14)19(25)22(4-2)12-13-7-5-6-8-16(13)20/h3,5-11,23H,1,4,12H2,2H3,(H,21,24). The van der Waals surface area contributed by atoms with Crippen molar-refractivity contribution in [3.63, 3.8) is 0 Å². The summed E-state index contributed by atoms with van der Waals surface area (Å²) < 4.78 is 0. The molecule has 0 radical (unpaired) electrons. The number of carbonyl (C=O) groups excluding carboxylic acids is 2. The van der Waals surface area contributed by atoms with Crippen LogP contribution in [-0.4, -0.2) is 28.4 Å². The van der Waals surface area contributed by atoms with Gasteiger partial charge in [-0.05, 0) is 42.8 Å². The van der Waals surface area contributed by atoms with E-state index < -0.39 is 5.91 Å². The average Bonchev–Trinajstić information content (AvgIpc) is 2.62. The lowest BCUT2D eigenvalue weighted by Crippen LogP contribution is -2.30. The molecule has 25 heavy (non-hydrogen) atoms. The second-order valence-electron chi connectivity index (χ2n) is 5.34. The number of aromatic hydroxyl groups is 1. The highest BCUT2D eigenvalue weighted by Gasteiger charge is 2.19. The summed E-state index contributed by atoms with van der Waals surface area (Å²) in [4.78, 5) is 25.8. The van der Waals surface area contributed by atoms with Gasteiger partial charge in [-0.2, -0.15) is 0 Å². The second-order valence-corrected chi connectivity index (χ2v) is 5.74. The summed E-state index contributed by atoms with van der Waals surface area (Å²) in [6.45, 7) is 5.98. The van der Waals surface area contributed by atoms with Gasteiger partial charge >= 0.3 is 0 Å². The SMILES string of the molecule is C=CC(=O)Nc1ccc(O)c(C(=O)N(CC)Cc2ccccc2Cl)c1. The van der Waals surface area contributed by atoms with Crippen molar-refractivity contribution in [2.24, 2.45) is 0 Å². The topological polar surface area (TPSA) is 69.6 Å². The van der Waals surface area contributed by atoms with Crippen LogP contribution in [0.15, 0.2) is 55.1 Å². The van der Waals surface area contributed by atoms with Crippen molar-refractivity contribution in [2.45, 2.75) is 13.5 Å². The van der Waals surface area contributed by atoms with Crippen LogP contribution < -0.4 is 5.32 Å². The van der Waals surface area contributed by atoms with Gasteiger partial charge in [-0.25, -0.2) is 0 Å². The maximum Gasteiger partial charge on any atom is 0.257 e. The Morgan fingerprint density at radius 1 is 1.28 bits per heavy atom. The van der Waals surface area contributed by atoms with E-state index in [1.54, 1.807) is 11.0 Å². The Balaban J connectivity index is 2.27. The van der Waals surface area contributed by atoms with Crippen LogP contribution >= 0.6 is 11.6 Å². The van der Waals surface area contributed by atoms with E-state index in [9.17, 15) is 14.7 Å². The first kappa shape index (κ1) is 18.5. The Morgan fingerprint density at radius 3 is 2.64 bits per heavy atom. The van der Waals surface area contributed by atoms with Crippen molar-refractivity contribution in [3.8, 4) is 5.75 Å². The number of phenolic OH excluding ortho intramolecular Hbond substituents is 1. The lowest BCUT2D eigenvalue weighted by Gasteiger charge is -2.22. The van der Waals surface area contributed by atoms with Gasteiger partial charge in [-0.3, -0.25) is 9.59 Å². The molecule has 0 aromatic heterocycles. The summed E-state index contributed by atoms with van der Waals surface area (Å²) >= 11 is 6.16. The predicted octanol–water partition coefficient (Wildman–Crippen LogP) is 3.83. The van der Waals surface area contributed by atoms with E-state index in [0.29, 0.717) is 23.8 Å². The first-order valence-electron chi connectivity index (χ1n) is 7.75. The molecule has 2 aromatic rings. The molecule has 6 heteroatoms. The number of carbonyl (C=O) groups is 2. The van der Waals surface area contributed by atoms with Crippen LogP contribution in [0.3, 0.4) is 0 Å². The van der Waals surface area contributed by atoms with Crippen LogP contribution in [0.5, 0.6) is 5.75 Å². The van der Waals surface area contributed by atoms with Crippen LogP contribution in [0.25, 0.3) is 0 Å². The zero-order valence-electron chi connectivity index (χ0n) is 13.8. The average molecular weight is 359 g/mol. The van der Waals surface area contributed by atoms with Gasteiger partial charge in [0.2, 0.25) is 5.91 Å². The highest BCUT2D eigenvalue weighted by atomic mass is 35.5. The number of benzene rings is 2. The minimum absolute atomic E-state index is 0.107. The molecule has 0 fully saturated rings. The predicted molar refractivity (Wildman–Crippen MR) is 98.8 cm³/mol. The van der Waals surface area contributed by atoms with Crippen LogP contribution in [-0.2, 0) is 11.3 Å². The molecule has 130 valence electrons. The van der Waals surface area contributed by atoms with Crippen LogP contribution in [0.1, 0.15) is 22.8 Å². The summed E-state index contributed by atoms with van der Waals surface area (Å²) in [7, 11) is 0. The molecule has 0 aliphatic carbocycles. The summed E-state index contributed by atoms with van der Waals surface area (Å²) in [6, 6.07) is 11.6. The van der Waals surface area contributed by atoms with Gasteiger partial charge in [0.25, 0.3) is 5.91 Å². The van der Waals surface area contributed by atoms with Crippen molar-refractivity contribution in [1.82, 2.24) is 4.90 Å². The van der Waals surface area contributed by atoms with E-state index in [4.69, 9.17) is 11.6 Å². The molecule has 2 rings (SSSR count). The minimum atomic E-state index is -0.396. The number of halogens is 1. The fraction of sp³-hybridized carbons (Fsp3) is 0.158. The van der Waals surface area contributed by atoms with Gasteiger partial charge in [0.05, 0.1) is 5.56 Å². The fourth-order valence-corrected chi connectivity index (χ4v) is 2.50. The molecule has 0 bridgehead atoms. The monoisotopic (exact) mass is 358 g/mol. The maximum atomic E-state index is 12.8. The Hall–Kier alpha value is -2.79. The molecule has 5 nitrogen and oxygen atoms in total. The minimum Gasteiger partial charge on any atom is -0.507 e. The fourth-order valence-electron chi connectivity index (χ4n) is 2.31. The van der Waals surface area contributed by atoms with Crippen molar-refractivity contribution in [1.29, 1.82) is 0 Å². The van der Waals surface area contributed by atoms with Gasteiger partial charge in [0, 0.05) is 23.8 Å². The summed E-state index contributed by atoms with van der Waals surface area (Å²) in [5.41, 5.74) is 1.32. The van der Waals surface area contributed by atoms with Crippen LogP contribution in [0, 0.1) is 0 Å². The number of anilines is 1. The number of hydrogen-bond acceptors (Lipinski definition) is 3. The first-order chi connectivity index (χ1) is 12.0. The molecule has 0 aliphatic rings. The van der Waals surface area contributed by atoms with Gasteiger partial charge in [0.15, 0.2) is 0 Å². The molecule has 0 atom stereocenters. The van der Waals surface area contributed by atoms with E-state index in [1.165, 1.54) is 18.2 Å². The largest absolute Gasteiger partial charge is 0.507 e. The van der Waals surface area contributed by atoms with Crippen molar-refractivity contribution in [3.05, 3.63) is 71.3 Å². The van der Waals surface area contributed by atoms with E-state index in [2.05, 4.69) is 11.9 Å². The molecule has 2 aromatic carbocycles. The Bertz CT molecular complexity index is 805. The zero-order chi connectivity index (χ0) is 18.4. The van der Waals surface area contributed by atoms with Crippen LogP contribution in [0.4, 0.5) is 5.69 Å². The van der Waals surface area contributed by atoms with E-state index >= 15 is 0 Å². The highest BCUT2D eigenvalue weighted by molar-refractivity contribution is 6.31. The number of nitrogens with zero attached hydrogens (tertiary/aromatic N) is 1. The summed E-state index contributed by atoms with van der Waals surface area (Å²) in [5, 5.41) is 13.2. The Morgan fingerprint density at radius 2 is 2.00 bits per heavy atom. The lowest BCUT2D eigenvalue weighted by molar-refractivity contribution is -0.111. The third-order valence-corrected chi connectivity index (χ3v) is 4.04. The smallest absolute Gasteiger partial charge is 0.257 e. The van der Waals surface area contributed by atoms with Gasteiger partial charge in [-0.1, -0.05) is 36.4 Å². The second kappa shape index (κ2) is 8.35. The van der Waals surface area contributed by atoms with Crippen molar-refractivity contribution in [2.75, 3.05) is 11.9 Å². The molecular formula is C19H19ClN2O3. The summed E-state index contributed by atoms with van der Waals surface area (Å²) in [5.74, 6) is -0.902. The molecule has 0 unspecified atom stereocenters. The van der Waals surface area contributed by atoms with Crippen molar-refractivity contribution >= 4 is 29.1 Å². The van der Waals surface area contributed by atoms with Gasteiger partial charge in [0.1, 0.15) is 5.75 Å². The highest BCUT2D eigenvalue weighted by Crippen LogP contribution is 2.25. The van der Waals surface area contributed by atoms with Crippen molar-refractivity contribution < 1.29 is 14.7 Å². The zero-order valence-corrected chi connectivity index (χ0v) is 14.6. The molecule has 0 aliphatic heterocycles. The number of phenols is 1. The third-order valence-electron chi connectivity index (χ3n) is 3.67. The number of amides is 2. The van der Waals surface area contributed by atoms with Gasteiger partial charge < -0.3 is 15.3 Å². The molecule has 2 amide bonds. The van der Waals surface area contributed by atoms with E-state index in [1.807, 2.05) is 25.1 Å². The molecule has 0 saturated heterocycles.